The summed E-state index contributed by atoms with van der Waals surface area (Å²) >= 11 is 5.73. The summed E-state index contributed by atoms with van der Waals surface area (Å²) in [7, 11) is 0. The van der Waals surface area contributed by atoms with E-state index in [9.17, 15) is 4.79 Å². The lowest BCUT2D eigenvalue weighted by Crippen LogP contribution is -2.12. The molecule has 1 heterocycles. The van der Waals surface area contributed by atoms with Crippen LogP contribution in [-0.2, 0) is 0 Å². The molecule has 1 aliphatic rings. The Hall–Kier alpha value is -1.29. The van der Waals surface area contributed by atoms with Gasteiger partial charge in [-0.05, 0) is 31.7 Å². The minimum Gasteiger partial charge on any atom is -0.478 e. The van der Waals surface area contributed by atoms with Gasteiger partial charge in [0.15, 0.2) is 0 Å². The van der Waals surface area contributed by atoms with Crippen molar-refractivity contribution in [1.29, 1.82) is 0 Å². The van der Waals surface area contributed by atoms with Gasteiger partial charge in [-0.1, -0.05) is 11.6 Å². The second kappa shape index (κ2) is 4.70. The topological polar surface area (TPSA) is 59.4 Å². The molecule has 0 spiro atoms. The maximum atomic E-state index is 10.8. The van der Waals surface area contributed by atoms with Crippen LogP contribution in [0.2, 0.25) is 5.15 Å². The molecule has 4 nitrogen and oxygen atoms in total. The highest BCUT2D eigenvalue weighted by Crippen LogP contribution is 2.24. The maximum Gasteiger partial charge on any atom is 0.335 e. The Bertz CT molecular complexity index is 402. The summed E-state index contributed by atoms with van der Waals surface area (Å²) in [5, 5.41) is 9.00. The molecular weight excluding hydrogens is 230 g/mol. The second-order valence-electron chi connectivity index (χ2n) is 3.85. The number of hydrogen-bond donors (Lipinski definition) is 1. The standard InChI is InChI=1S/C11H12ClNO3/c12-9-5-7(11(14)15)6-10(13-9)16-8-3-1-2-4-8/h5-6,8H,1-4H2,(H,14,15). The van der Waals surface area contributed by atoms with Crippen LogP contribution in [0.4, 0.5) is 0 Å². The maximum absolute atomic E-state index is 10.8. The summed E-state index contributed by atoms with van der Waals surface area (Å²) in [6.07, 6.45) is 4.44. The quantitative estimate of drug-likeness (QED) is 0.827. The molecule has 0 bridgehead atoms. The van der Waals surface area contributed by atoms with Gasteiger partial charge in [-0.25, -0.2) is 9.78 Å². The molecule has 0 amide bonds. The summed E-state index contributed by atoms with van der Waals surface area (Å²) in [6.45, 7) is 0. The molecule has 0 aliphatic heterocycles. The van der Waals surface area contributed by atoms with Crippen LogP contribution in [0.25, 0.3) is 0 Å². The highest BCUT2D eigenvalue weighted by atomic mass is 35.5. The van der Waals surface area contributed by atoms with Gasteiger partial charge < -0.3 is 9.84 Å². The van der Waals surface area contributed by atoms with Crippen LogP contribution >= 0.6 is 11.6 Å². The van der Waals surface area contributed by atoms with Crippen LogP contribution in [0.1, 0.15) is 36.0 Å². The number of nitrogens with zero attached hydrogens (tertiary/aromatic N) is 1. The van der Waals surface area contributed by atoms with Crippen molar-refractivity contribution < 1.29 is 14.6 Å². The lowest BCUT2D eigenvalue weighted by Gasteiger charge is -2.12. The Kier molecular flexibility index (Phi) is 3.29. The monoisotopic (exact) mass is 241 g/mol. The van der Waals surface area contributed by atoms with Gasteiger partial charge in [-0.3, -0.25) is 0 Å². The molecule has 1 aliphatic carbocycles. The van der Waals surface area contributed by atoms with E-state index in [4.69, 9.17) is 21.4 Å². The molecule has 1 fully saturated rings. The summed E-state index contributed by atoms with van der Waals surface area (Å²) in [4.78, 5) is 14.8. The zero-order valence-electron chi connectivity index (χ0n) is 8.65. The van der Waals surface area contributed by atoms with E-state index in [1.165, 1.54) is 12.1 Å². The number of carbonyl (C=O) groups is 1. The fraction of sp³-hybridized carbons (Fsp3) is 0.455. The smallest absolute Gasteiger partial charge is 0.335 e. The molecule has 0 radical (unpaired) electrons. The number of pyridine rings is 1. The van der Waals surface area contributed by atoms with Crippen molar-refractivity contribution in [3.05, 3.63) is 22.8 Å². The SMILES string of the molecule is O=C(O)c1cc(Cl)nc(OC2CCCC2)c1. The zero-order chi connectivity index (χ0) is 11.5. The van der Waals surface area contributed by atoms with Crippen LogP contribution in [0.15, 0.2) is 12.1 Å². The fourth-order valence-electron chi connectivity index (χ4n) is 1.83. The van der Waals surface area contributed by atoms with Gasteiger partial charge in [-0.15, -0.1) is 0 Å². The van der Waals surface area contributed by atoms with Crippen molar-refractivity contribution in [3.8, 4) is 5.88 Å². The first-order valence-electron chi connectivity index (χ1n) is 5.22. The molecule has 2 rings (SSSR count). The molecule has 1 saturated carbocycles. The Labute approximate surface area is 98.2 Å². The summed E-state index contributed by atoms with van der Waals surface area (Å²) in [6, 6.07) is 2.72. The van der Waals surface area contributed by atoms with Gasteiger partial charge in [-0.2, -0.15) is 0 Å². The Morgan fingerprint density at radius 2 is 2.12 bits per heavy atom. The Morgan fingerprint density at radius 1 is 1.44 bits per heavy atom. The lowest BCUT2D eigenvalue weighted by molar-refractivity contribution is 0.0695. The van der Waals surface area contributed by atoms with Crippen LogP contribution in [0.5, 0.6) is 5.88 Å². The average Bonchev–Trinajstić information content (AvgIpc) is 2.69. The lowest BCUT2D eigenvalue weighted by atomic mass is 10.2. The number of halogens is 1. The second-order valence-corrected chi connectivity index (χ2v) is 4.23. The first kappa shape index (κ1) is 11.2. The van der Waals surface area contributed by atoms with E-state index in [-0.39, 0.29) is 16.8 Å². The van der Waals surface area contributed by atoms with Gasteiger partial charge >= 0.3 is 5.97 Å². The minimum absolute atomic E-state index is 0.105. The highest BCUT2D eigenvalue weighted by molar-refractivity contribution is 6.29. The number of ether oxygens (including phenoxy) is 1. The van der Waals surface area contributed by atoms with Crippen molar-refractivity contribution in [3.63, 3.8) is 0 Å². The molecule has 1 N–H and O–H groups in total. The molecule has 1 aromatic heterocycles. The average molecular weight is 242 g/mol. The van der Waals surface area contributed by atoms with Crippen LogP contribution < -0.4 is 4.74 Å². The van der Waals surface area contributed by atoms with Gasteiger partial charge in [0.05, 0.1) is 5.56 Å². The normalized spacial score (nSPS) is 16.3. The zero-order valence-corrected chi connectivity index (χ0v) is 9.41. The van der Waals surface area contributed by atoms with Crippen LogP contribution in [0.3, 0.4) is 0 Å². The first-order chi connectivity index (χ1) is 7.65. The van der Waals surface area contributed by atoms with Crippen molar-refractivity contribution in [1.82, 2.24) is 4.98 Å². The van der Waals surface area contributed by atoms with E-state index in [2.05, 4.69) is 4.98 Å². The van der Waals surface area contributed by atoms with Crippen molar-refractivity contribution >= 4 is 17.6 Å². The minimum atomic E-state index is -1.03. The largest absolute Gasteiger partial charge is 0.478 e. The summed E-state index contributed by atoms with van der Waals surface area (Å²) in [5.74, 6) is -0.725. The molecular formula is C11H12ClNO3. The number of hydrogen-bond acceptors (Lipinski definition) is 3. The summed E-state index contributed by atoms with van der Waals surface area (Å²) in [5.41, 5.74) is 0.105. The Balaban J connectivity index is 2.16. The van der Waals surface area contributed by atoms with Crippen molar-refractivity contribution in [2.75, 3.05) is 0 Å². The third kappa shape index (κ3) is 2.64. The Morgan fingerprint density at radius 3 is 2.75 bits per heavy atom. The summed E-state index contributed by atoms with van der Waals surface area (Å²) < 4.78 is 5.59. The van der Waals surface area contributed by atoms with Gasteiger partial charge in [0.1, 0.15) is 11.3 Å². The van der Waals surface area contributed by atoms with Crippen LogP contribution in [0, 0.1) is 0 Å². The predicted molar refractivity (Wildman–Crippen MR) is 59.1 cm³/mol. The molecule has 0 unspecified atom stereocenters. The number of carboxylic acids is 1. The molecule has 0 aromatic carbocycles. The van der Waals surface area contributed by atoms with Crippen LogP contribution in [-0.4, -0.2) is 22.2 Å². The molecule has 0 saturated heterocycles. The number of aromatic carboxylic acids is 1. The van der Waals surface area contributed by atoms with E-state index in [1.54, 1.807) is 0 Å². The van der Waals surface area contributed by atoms with Crippen molar-refractivity contribution in [2.45, 2.75) is 31.8 Å². The highest BCUT2D eigenvalue weighted by Gasteiger charge is 2.18. The van der Waals surface area contributed by atoms with E-state index >= 15 is 0 Å². The van der Waals surface area contributed by atoms with Gasteiger partial charge in [0.2, 0.25) is 5.88 Å². The van der Waals surface area contributed by atoms with E-state index in [1.807, 2.05) is 0 Å². The predicted octanol–water partition coefficient (Wildman–Crippen LogP) is 2.75. The number of carboxylic acid groups (broad SMARTS) is 1. The number of aromatic nitrogens is 1. The van der Waals surface area contributed by atoms with Gasteiger partial charge in [0, 0.05) is 6.07 Å². The fourth-order valence-corrected chi connectivity index (χ4v) is 2.03. The third-order valence-electron chi connectivity index (χ3n) is 2.61. The third-order valence-corrected chi connectivity index (χ3v) is 2.80. The molecule has 5 heteroatoms. The van der Waals surface area contributed by atoms with E-state index < -0.39 is 5.97 Å². The molecule has 0 atom stereocenters. The molecule has 1 aromatic rings. The first-order valence-corrected chi connectivity index (χ1v) is 5.60. The number of rotatable bonds is 3. The van der Waals surface area contributed by atoms with E-state index in [0.717, 1.165) is 25.7 Å². The van der Waals surface area contributed by atoms with E-state index in [0.29, 0.717) is 5.88 Å². The van der Waals surface area contributed by atoms with Crippen molar-refractivity contribution in [2.24, 2.45) is 0 Å². The molecule has 86 valence electrons. The van der Waals surface area contributed by atoms with Gasteiger partial charge in [0.25, 0.3) is 0 Å². The molecule has 16 heavy (non-hydrogen) atoms.